The summed E-state index contributed by atoms with van der Waals surface area (Å²) in [7, 11) is 0. The number of aldehydes is 1. The van der Waals surface area contributed by atoms with Crippen molar-refractivity contribution in [1.82, 2.24) is 0 Å². The molecule has 0 amide bonds. The lowest BCUT2D eigenvalue weighted by Crippen LogP contribution is -1.97. The zero-order valence-corrected chi connectivity index (χ0v) is 12.4. The highest BCUT2D eigenvalue weighted by Gasteiger charge is 2.07. The van der Waals surface area contributed by atoms with Crippen LogP contribution >= 0.6 is 11.8 Å². The van der Waals surface area contributed by atoms with E-state index in [4.69, 9.17) is 4.74 Å². The zero-order chi connectivity index (χ0) is 14.2. The van der Waals surface area contributed by atoms with Crippen LogP contribution in [0.3, 0.4) is 0 Å². The highest BCUT2D eigenvalue weighted by atomic mass is 32.2. The Morgan fingerprint density at radius 3 is 2.50 bits per heavy atom. The van der Waals surface area contributed by atoms with Gasteiger partial charge in [-0.3, -0.25) is 4.79 Å². The Bertz CT molecular complexity index is 566. The number of rotatable bonds is 7. The van der Waals surface area contributed by atoms with Crippen LogP contribution in [0, 0.1) is 0 Å². The van der Waals surface area contributed by atoms with E-state index in [-0.39, 0.29) is 0 Å². The zero-order valence-electron chi connectivity index (χ0n) is 11.5. The van der Waals surface area contributed by atoms with Crippen LogP contribution in [0.4, 0.5) is 0 Å². The summed E-state index contributed by atoms with van der Waals surface area (Å²) in [6, 6.07) is 15.5. The summed E-state index contributed by atoms with van der Waals surface area (Å²) in [5.74, 6) is 0.881. The lowest BCUT2D eigenvalue weighted by Gasteiger charge is -2.11. The second kappa shape index (κ2) is 7.75. The van der Waals surface area contributed by atoms with Gasteiger partial charge in [-0.05, 0) is 24.6 Å². The van der Waals surface area contributed by atoms with Gasteiger partial charge in [0.25, 0.3) is 0 Å². The molecule has 2 aromatic rings. The fourth-order valence-corrected chi connectivity index (χ4v) is 2.76. The fourth-order valence-electron chi connectivity index (χ4n) is 1.77. The molecule has 0 aliphatic heterocycles. The van der Waals surface area contributed by atoms with Gasteiger partial charge in [0.15, 0.2) is 6.29 Å². The first kappa shape index (κ1) is 14.7. The Hall–Kier alpha value is -1.74. The SMILES string of the molecule is CCCCOc1ccccc1Sc1ccccc1C=O. The minimum Gasteiger partial charge on any atom is -0.492 e. The van der Waals surface area contributed by atoms with Gasteiger partial charge in [0.05, 0.1) is 11.5 Å². The summed E-state index contributed by atoms with van der Waals surface area (Å²) in [5.41, 5.74) is 0.709. The molecule has 0 saturated carbocycles. The van der Waals surface area contributed by atoms with Crippen molar-refractivity contribution < 1.29 is 9.53 Å². The van der Waals surface area contributed by atoms with Crippen LogP contribution in [0.1, 0.15) is 30.1 Å². The summed E-state index contributed by atoms with van der Waals surface area (Å²) in [5, 5.41) is 0. The Balaban J connectivity index is 2.18. The molecule has 0 saturated heterocycles. The van der Waals surface area contributed by atoms with Crippen molar-refractivity contribution in [2.75, 3.05) is 6.61 Å². The minimum absolute atomic E-state index is 0.709. The predicted molar refractivity (Wildman–Crippen MR) is 82.8 cm³/mol. The van der Waals surface area contributed by atoms with Gasteiger partial charge in [0, 0.05) is 10.5 Å². The van der Waals surface area contributed by atoms with Crippen molar-refractivity contribution in [2.45, 2.75) is 29.6 Å². The van der Waals surface area contributed by atoms with E-state index in [1.807, 2.05) is 48.5 Å². The van der Waals surface area contributed by atoms with Crippen molar-refractivity contribution >= 4 is 18.0 Å². The second-order valence-corrected chi connectivity index (χ2v) is 5.49. The van der Waals surface area contributed by atoms with Crippen LogP contribution in [0.25, 0.3) is 0 Å². The average molecular weight is 286 g/mol. The second-order valence-electron chi connectivity index (χ2n) is 4.41. The highest BCUT2D eigenvalue weighted by molar-refractivity contribution is 7.99. The largest absolute Gasteiger partial charge is 0.492 e. The van der Waals surface area contributed by atoms with E-state index in [9.17, 15) is 4.79 Å². The smallest absolute Gasteiger partial charge is 0.151 e. The summed E-state index contributed by atoms with van der Waals surface area (Å²) in [4.78, 5) is 13.1. The molecule has 2 nitrogen and oxygen atoms in total. The van der Waals surface area contributed by atoms with E-state index < -0.39 is 0 Å². The molecule has 0 heterocycles. The van der Waals surface area contributed by atoms with Crippen molar-refractivity contribution in [3.8, 4) is 5.75 Å². The van der Waals surface area contributed by atoms with E-state index in [0.29, 0.717) is 5.56 Å². The standard InChI is InChI=1S/C17H18O2S/c1-2-3-12-19-15-9-5-7-11-17(15)20-16-10-6-4-8-14(16)13-18/h4-11,13H,2-3,12H2,1H3. The number of para-hydroxylation sites is 1. The Kier molecular flexibility index (Phi) is 5.69. The average Bonchev–Trinajstić information content (AvgIpc) is 2.50. The van der Waals surface area contributed by atoms with Crippen molar-refractivity contribution in [2.24, 2.45) is 0 Å². The van der Waals surface area contributed by atoms with Gasteiger partial charge in [-0.25, -0.2) is 0 Å². The highest BCUT2D eigenvalue weighted by Crippen LogP contribution is 2.36. The Morgan fingerprint density at radius 2 is 1.75 bits per heavy atom. The molecule has 104 valence electrons. The Morgan fingerprint density at radius 1 is 1.05 bits per heavy atom. The van der Waals surface area contributed by atoms with Crippen molar-refractivity contribution in [1.29, 1.82) is 0 Å². The molecule has 0 fully saturated rings. The fraction of sp³-hybridized carbons (Fsp3) is 0.235. The summed E-state index contributed by atoms with van der Waals surface area (Å²) in [6.07, 6.45) is 3.05. The molecule has 0 N–H and O–H groups in total. The number of benzene rings is 2. The van der Waals surface area contributed by atoms with E-state index >= 15 is 0 Å². The molecule has 2 aromatic carbocycles. The third kappa shape index (κ3) is 3.87. The third-order valence-electron chi connectivity index (χ3n) is 2.87. The summed E-state index contributed by atoms with van der Waals surface area (Å²) < 4.78 is 5.81. The molecular formula is C17H18O2S. The summed E-state index contributed by atoms with van der Waals surface area (Å²) >= 11 is 1.57. The number of ether oxygens (including phenoxy) is 1. The van der Waals surface area contributed by atoms with Crippen LogP contribution in [0.5, 0.6) is 5.75 Å². The quantitative estimate of drug-likeness (QED) is 0.538. The molecule has 0 aliphatic carbocycles. The lowest BCUT2D eigenvalue weighted by molar-refractivity contribution is 0.112. The number of hydrogen-bond donors (Lipinski definition) is 0. The normalized spacial score (nSPS) is 10.2. The van der Waals surface area contributed by atoms with Gasteiger partial charge in [-0.2, -0.15) is 0 Å². The molecule has 0 spiro atoms. The van der Waals surface area contributed by atoms with Crippen LogP contribution in [0.15, 0.2) is 58.3 Å². The predicted octanol–water partition coefficient (Wildman–Crippen LogP) is 4.83. The van der Waals surface area contributed by atoms with Crippen molar-refractivity contribution in [3.63, 3.8) is 0 Å². The molecule has 0 radical (unpaired) electrons. The van der Waals surface area contributed by atoms with E-state index in [1.54, 1.807) is 11.8 Å². The maximum atomic E-state index is 11.1. The maximum Gasteiger partial charge on any atom is 0.151 e. The lowest BCUT2D eigenvalue weighted by atomic mass is 10.2. The Labute approximate surface area is 124 Å². The van der Waals surface area contributed by atoms with Crippen molar-refractivity contribution in [3.05, 3.63) is 54.1 Å². The number of unbranched alkanes of at least 4 members (excludes halogenated alkanes) is 1. The van der Waals surface area contributed by atoms with E-state index in [0.717, 1.165) is 41.3 Å². The molecule has 0 bridgehead atoms. The molecule has 3 heteroatoms. The maximum absolute atomic E-state index is 11.1. The molecule has 0 unspecified atom stereocenters. The molecule has 0 aromatic heterocycles. The van der Waals surface area contributed by atoms with Gasteiger partial charge in [-0.1, -0.05) is 55.4 Å². The number of carbonyl (C=O) groups excluding carboxylic acids is 1. The summed E-state index contributed by atoms with van der Waals surface area (Å²) in [6.45, 7) is 2.87. The number of hydrogen-bond acceptors (Lipinski definition) is 3. The number of carbonyl (C=O) groups is 1. The van der Waals surface area contributed by atoms with E-state index in [1.165, 1.54) is 0 Å². The van der Waals surface area contributed by atoms with Crippen LogP contribution < -0.4 is 4.74 Å². The molecule has 2 rings (SSSR count). The van der Waals surface area contributed by atoms with Gasteiger partial charge >= 0.3 is 0 Å². The first-order valence-electron chi connectivity index (χ1n) is 6.79. The monoisotopic (exact) mass is 286 g/mol. The minimum atomic E-state index is 0.709. The molecule has 0 atom stereocenters. The first-order chi connectivity index (χ1) is 9.85. The van der Waals surface area contributed by atoms with Crippen LogP contribution in [-0.4, -0.2) is 12.9 Å². The topological polar surface area (TPSA) is 26.3 Å². The molecule has 20 heavy (non-hydrogen) atoms. The third-order valence-corrected chi connectivity index (χ3v) is 4.02. The first-order valence-corrected chi connectivity index (χ1v) is 7.60. The van der Waals surface area contributed by atoms with Gasteiger partial charge < -0.3 is 4.74 Å². The van der Waals surface area contributed by atoms with Gasteiger partial charge in [0.1, 0.15) is 5.75 Å². The van der Waals surface area contributed by atoms with E-state index in [2.05, 4.69) is 6.92 Å². The van der Waals surface area contributed by atoms with Gasteiger partial charge in [-0.15, -0.1) is 0 Å². The van der Waals surface area contributed by atoms with Gasteiger partial charge in [0.2, 0.25) is 0 Å². The molecule has 0 aliphatic rings. The van der Waals surface area contributed by atoms with Crippen LogP contribution in [-0.2, 0) is 0 Å². The van der Waals surface area contributed by atoms with Crippen LogP contribution in [0.2, 0.25) is 0 Å². The molecular weight excluding hydrogens is 268 g/mol.